The molecule has 0 aliphatic carbocycles. The molecule has 0 amide bonds. The van der Waals surface area contributed by atoms with Gasteiger partial charge in [0, 0.05) is 17.2 Å². The van der Waals surface area contributed by atoms with Crippen molar-refractivity contribution in [3.8, 4) is 0 Å². The van der Waals surface area contributed by atoms with Crippen LogP contribution in [0.2, 0.25) is 0 Å². The summed E-state index contributed by atoms with van der Waals surface area (Å²) in [4.78, 5) is 10.6. The van der Waals surface area contributed by atoms with E-state index in [-0.39, 0.29) is 12.0 Å². The first kappa shape index (κ1) is 10.7. The van der Waals surface area contributed by atoms with E-state index < -0.39 is 6.09 Å². The minimum atomic E-state index is -1.14. The molecule has 5 nitrogen and oxygen atoms in total. The van der Waals surface area contributed by atoms with Gasteiger partial charge in [-0.2, -0.15) is 9.78 Å². The second-order valence-corrected chi connectivity index (χ2v) is 4.14. The zero-order valence-electron chi connectivity index (χ0n) is 8.48. The van der Waals surface area contributed by atoms with Crippen LogP contribution in [0.1, 0.15) is 32.0 Å². The van der Waals surface area contributed by atoms with Crippen molar-refractivity contribution in [2.45, 2.75) is 32.8 Å². The van der Waals surface area contributed by atoms with E-state index in [4.69, 9.17) is 10.2 Å². The van der Waals surface area contributed by atoms with E-state index in [0.29, 0.717) is 11.3 Å². The fourth-order valence-corrected chi connectivity index (χ4v) is 1.25. The van der Waals surface area contributed by atoms with Crippen LogP contribution in [0.3, 0.4) is 0 Å². The number of aromatic nitrogens is 2. The van der Waals surface area contributed by atoms with Crippen LogP contribution in [0.15, 0.2) is 6.20 Å². The number of carbonyl (C=O) groups is 1. The maximum Gasteiger partial charge on any atom is 0.432 e. The first-order valence-electron chi connectivity index (χ1n) is 4.29. The van der Waals surface area contributed by atoms with Gasteiger partial charge in [0.2, 0.25) is 0 Å². The molecule has 2 N–H and O–H groups in total. The van der Waals surface area contributed by atoms with Gasteiger partial charge in [0.15, 0.2) is 0 Å². The topological polar surface area (TPSA) is 75.4 Å². The number of aliphatic hydroxyl groups excluding tert-OH is 1. The summed E-state index contributed by atoms with van der Waals surface area (Å²) in [6, 6.07) is 0. The third kappa shape index (κ3) is 1.93. The van der Waals surface area contributed by atoms with E-state index in [1.54, 1.807) is 0 Å². The molecule has 0 saturated heterocycles. The van der Waals surface area contributed by atoms with Crippen LogP contribution in [0.4, 0.5) is 4.79 Å². The normalized spacial score (nSPS) is 11.7. The Morgan fingerprint density at radius 2 is 2.14 bits per heavy atom. The Morgan fingerprint density at radius 3 is 2.43 bits per heavy atom. The van der Waals surface area contributed by atoms with Crippen LogP contribution in [0.25, 0.3) is 0 Å². The van der Waals surface area contributed by atoms with Gasteiger partial charge in [-0.25, -0.2) is 4.79 Å². The Kier molecular flexibility index (Phi) is 2.62. The van der Waals surface area contributed by atoms with Gasteiger partial charge in [-0.1, -0.05) is 20.8 Å². The molecule has 14 heavy (non-hydrogen) atoms. The second kappa shape index (κ2) is 3.42. The second-order valence-electron chi connectivity index (χ2n) is 4.14. The maximum atomic E-state index is 10.6. The summed E-state index contributed by atoms with van der Waals surface area (Å²) in [7, 11) is 0. The molecule has 1 aromatic heterocycles. The summed E-state index contributed by atoms with van der Waals surface area (Å²) in [5.41, 5.74) is 0.904. The van der Waals surface area contributed by atoms with E-state index in [0.717, 1.165) is 4.68 Å². The maximum absolute atomic E-state index is 10.6. The lowest BCUT2D eigenvalue weighted by Crippen LogP contribution is -2.16. The van der Waals surface area contributed by atoms with Gasteiger partial charge in [0.05, 0.1) is 12.3 Å². The fourth-order valence-electron chi connectivity index (χ4n) is 1.25. The minimum Gasteiger partial charge on any atom is -0.463 e. The van der Waals surface area contributed by atoms with Gasteiger partial charge in [-0.15, -0.1) is 0 Å². The number of rotatable bonds is 1. The van der Waals surface area contributed by atoms with Gasteiger partial charge < -0.3 is 10.2 Å². The molecule has 0 aromatic carbocycles. The third-order valence-corrected chi connectivity index (χ3v) is 1.87. The predicted octanol–water partition coefficient (Wildman–Crippen LogP) is 1.20. The SMILES string of the molecule is CC(C)(C)c1nn(C(=O)O)cc1CO. The number of carboxylic acid groups (broad SMARTS) is 1. The van der Waals surface area contributed by atoms with E-state index in [1.165, 1.54) is 6.20 Å². The van der Waals surface area contributed by atoms with Crippen molar-refractivity contribution in [3.05, 3.63) is 17.5 Å². The Hall–Kier alpha value is -1.36. The van der Waals surface area contributed by atoms with Crippen LogP contribution in [0, 0.1) is 0 Å². The van der Waals surface area contributed by atoms with Crippen LogP contribution in [-0.2, 0) is 12.0 Å². The average molecular weight is 198 g/mol. The number of aliphatic hydroxyl groups is 1. The number of nitrogens with zero attached hydrogens (tertiary/aromatic N) is 2. The molecule has 5 heteroatoms. The highest BCUT2D eigenvalue weighted by atomic mass is 16.4. The lowest BCUT2D eigenvalue weighted by molar-refractivity contribution is 0.192. The van der Waals surface area contributed by atoms with Crippen LogP contribution >= 0.6 is 0 Å². The molecule has 0 bridgehead atoms. The molecular formula is C9H14N2O3. The van der Waals surface area contributed by atoms with Crippen LogP contribution < -0.4 is 0 Å². The molecule has 1 aromatic rings. The summed E-state index contributed by atoms with van der Waals surface area (Å²) in [5.74, 6) is 0. The summed E-state index contributed by atoms with van der Waals surface area (Å²) in [6.45, 7) is 5.56. The van der Waals surface area contributed by atoms with E-state index in [1.807, 2.05) is 20.8 Å². The van der Waals surface area contributed by atoms with Crippen molar-refractivity contribution in [3.63, 3.8) is 0 Å². The van der Waals surface area contributed by atoms with Gasteiger partial charge in [-0.05, 0) is 0 Å². The summed E-state index contributed by atoms with van der Waals surface area (Å²) in [5, 5.41) is 21.6. The molecule has 0 aliphatic heterocycles. The highest BCUT2D eigenvalue weighted by Gasteiger charge is 2.23. The molecule has 0 atom stereocenters. The fraction of sp³-hybridized carbons (Fsp3) is 0.556. The Morgan fingerprint density at radius 1 is 1.57 bits per heavy atom. The van der Waals surface area contributed by atoms with Crippen LogP contribution in [-0.4, -0.2) is 26.1 Å². The quantitative estimate of drug-likeness (QED) is 0.711. The summed E-state index contributed by atoms with van der Waals surface area (Å²) in [6.07, 6.45) is 0.193. The van der Waals surface area contributed by atoms with Gasteiger partial charge in [0.1, 0.15) is 0 Å². The van der Waals surface area contributed by atoms with E-state index in [2.05, 4.69) is 5.10 Å². The lowest BCUT2D eigenvalue weighted by atomic mass is 9.90. The molecule has 0 saturated carbocycles. The third-order valence-electron chi connectivity index (χ3n) is 1.87. The van der Waals surface area contributed by atoms with E-state index in [9.17, 15) is 4.79 Å². The molecule has 0 unspecified atom stereocenters. The Balaban J connectivity index is 3.22. The zero-order chi connectivity index (χ0) is 10.9. The predicted molar refractivity (Wildman–Crippen MR) is 50.3 cm³/mol. The number of hydrogen-bond donors (Lipinski definition) is 2. The first-order valence-corrected chi connectivity index (χ1v) is 4.29. The van der Waals surface area contributed by atoms with E-state index >= 15 is 0 Å². The van der Waals surface area contributed by atoms with Gasteiger partial charge in [-0.3, -0.25) is 0 Å². The van der Waals surface area contributed by atoms with Crippen molar-refractivity contribution >= 4 is 6.09 Å². The number of hydrogen-bond acceptors (Lipinski definition) is 3. The summed E-state index contributed by atoms with van der Waals surface area (Å²) < 4.78 is 0.826. The minimum absolute atomic E-state index is 0.195. The first-order chi connectivity index (χ1) is 6.36. The monoisotopic (exact) mass is 198 g/mol. The van der Waals surface area contributed by atoms with Crippen molar-refractivity contribution in [2.75, 3.05) is 0 Å². The molecule has 0 fully saturated rings. The van der Waals surface area contributed by atoms with Crippen LogP contribution in [0.5, 0.6) is 0 Å². The molecule has 0 spiro atoms. The highest BCUT2D eigenvalue weighted by molar-refractivity contribution is 5.67. The smallest absolute Gasteiger partial charge is 0.432 e. The zero-order valence-corrected chi connectivity index (χ0v) is 8.48. The Labute approximate surface area is 82.0 Å². The molecule has 0 radical (unpaired) electrons. The van der Waals surface area contributed by atoms with Gasteiger partial charge in [0.25, 0.3) is 0 Å². The summed E-state index contributed by atoms with van der Waals surface area (Å²) >= 11 is 0. The average Bonchev–Trinajstić information content (AvgIpc) is 2.46. The van der Waals surface area contributed by atoms with Crippen molar-refractivity contribution in [1.82, 2.24) is 9.78 Å². The molecular weight excluding hydrogens is 184 g/mol. The van der Waals surface area contributed by atoms with Gasteiger partial charge >= 0.3 is 6.09 Å². The van der Waals surface area contributed by atoms with Crippen molar-refractivity contribution in [1.29, 1.82) is 0 Å². The molecule has 0 aliphatic rings. The van der Waals surface area contributed by atoms with Crippen molar-refractivity contribution in [2.24, 2.45) is 0 Å². The standard InChI is InChI=1S/C9H14N2O3/c1-9(2,3)7-6(5-12)4-11(10-7)8(13)14/h4,12H,5H2,1-3H3,(H,13,14). The molecule has 78 valence electrons. The molecule has 1 rings (SSSR count). The largest absolute Gasteiger partial charge is 0.463 e. The Bertz CT molecular complexity index is 349. The molecule has 1 heterocycles. The lowest BCUT2D eigenvalue weighted by Gasteiger charge is -2.16. The highest BCUT2D eigenvalue weighted by Crippen LogP contribution is 2.24. The van der Waals surface area contributed by atoms with Crippen molar-refractivity contribution < 1.29 is 15.0 Å².